The molecule has 0 radical (unpaired) electrons. The Hall–Kier alpha value is -1.64. The topological polar surface area (TPSA) is 52.0 Å². The normalized spacial score (nSPS) is 15.6. The predicted octanol–water partition coefficient (Wildman–Crippen LogP) is 2.91. The van der Waals surface area contributed by atoms with Crippen molar-refractivity contribution in [1.29, 1.82) is 0 Å². The first kappa shape index (κ1) is 14.8. The monoisotopic (exact) mass is 268 g/mol. The molecule has 4 N–H and O–H groups in total. The van der Waals surface area contributed by atoms with E-state index in [9.17, 15) is 0 Å². The second-order valence-electron chi connectivity index (χ2n) is 5.55. The van der Waals surface area contributed by atoms with Crippen molar-refractivity contribution < 1.29 is 0 Å². The van der Waals surface area contributed by atoms with Crippen LogP contribution in [0.1, 0.15) is 24.5 Å². The number of benzene rings is 2. The number of nitrogens with two attached hydrogens (primary N) is 2. The van der Waals surface area contributed by atoms with E-state index >= 15 is 0 Å². The molecule has 0 spiro atoms. The Morgan fingerprint density at radius 2 is 1.40 bits per heavy atom. The average Bonchev–Trinajstić information content (AvgIpc) is 2.49. The summed E-state index contributed by atoms with van der Waals surface area (Å²) >= 11 is 0. The van der Waals surface area contributed by atoms with Crippen molar-refractivity contribution in [3.8, 4) is 0 Å². The van der Waals surface area contributed by atoms with Crippen LogP contribution in [-0.2, 0) is 12.8 Å². The second-order valence-corrected chi connectivity index (χ2v) is 5.55. The highest BCUT2D eigenvalue weighted by Gasteiger charge is 2.30. The van der Waals surface area contributed by atoms with Gasteiger partial charge in [0.2, 0.25) is 0 Å². The van der Waals surface area contributed by atoms with Gasteiger partial charge < -0.3 is 11.5 Å². The van der Waals surface area contributed by atoms with Gasteiger partial charge in [0.25, 0.3) is 0 Å². The summed E-state index contributed by atoms with van der Waals surface area (Å²) < 4.78 is 0. The van der Waals surface area contributed by atoms with Crippen molar-refractivity contribution in [1.82, 2.24) is 0 Å². The summed E-state index contributed by atoms with van der Waals surface area (Å²) in [7, 11) is 0. The Bertz CT molecular complexity index is 509. The summed E-state index contributed by atoms with van der Waals surface area (Å²) in [6.07, 6.45) is 2.51. The molecule has 0 saturated carbocycles. The molecule has 0 bridgehead atoms. The SMILES string of the molecule is CCC(N)(Cc1ccccc1)C(N)Cc1ccccc1. The van der Waals surface area contributed by atoms with Crippen molar-refractivity contribution in [3.05, 3.63) is 71.8 Å². The van der Waals surface area contributed by atoms with E-state index in [1.54, 1.807) is 0 Å². The highest BCUT2D eigenvalue weighted by molar-refractivity contribution is 5.21. The van der Waals surface area contributed by atoms with Crippen LogP contribution in [0.5, 0.6) is 0 Å². The first-order valence-corrected chi connectivity index (χ1v) is 7.26. The molecule has 0 amide bonds. The van der Waals surface area contributed by atoms with E-state index < -0.39 is 0 Å². The molecular weight excluding hydrogens is 244 g/mol. The fraction of sp³-hybridized carbons (Fsp3) is 0.333. The van der Waals surface area contributed by atoms with E-state index in [2.05, 4.69) is 31.2 Å². The maximum atomic E-state index is 6.60. The zero-order valence-corrected chi connectivity index (χ0v) is 12.1. The van der Waals surface area contributed by atoms with E-state index in [-0.39, 0.29) is 11.6 Å². The first-order valence-electron chi connectivity index (χ1n) is 7.26. The molecule has 0 heterocycles. The van der Waals surface area contributed by atoms with Gasteiger partial charge in [0.05, 0.1) is 0 Å². The van der Waals surface area contributed by atoms with Gasteiger partial charge in [0.15, 0.2) is 0 Å². The summed E-state index contributed by atoms with van der Waals surface area (Å²) in [5.41, 5.74) is 15.1. The van der Waals surface area contributed by atoms with Crippen LogP contribution in [0.4, 0.5) is 0 Å². The third kappa shape index (κ3) is 3.69. The highest BCUT2D eigenvalue weighted by Crippen LogP contribution is 2.20. The minimum absolute atomic E-state index is 0.0462. The van der Waals surface area contributed by atoms with E-state index in [4.69, 9.17) is 11.5 Å². The molecule has 20 heavy (non-hydrogen) atoms. The molecule has 0 fully saturated rings. The van der Waals surface area contributed by atoms with Gasteiger partial charge in [-0.1, -0.05) is 67.6 Å². The molecule has 0 aliphatic rings. The minimum Gasteiger partial charge on any atom is -0.326 e. The average molecular weight is 268 g/mol. The Morgan fingerprint density at radius 1 is 0.900 bits per heavy atom. The molecule has 0 aliphatic heterocycles. The van der Waals surface area contributed by atoms with Crippen LogP contribution in [0.15, 0.2) is 60.7 Å². The van der Waals surface area contributed by atoms with Crippen LogP contribution in [0.25, 0.3) is 0 Å². The van der Waals surface area contributed by atoms with Crippen LogP contribution in [0, 0.1) is 0 Å². The lowest BCUT2D eigenvalue weighted by Gasteiger charge is -2.35. The predicted molar refractivity (Wildman–Crippen MR) is 85.5 cm³/mol. The van der Waals surface area contributed by atoms with E-state index in [0.717, 1.165) is 19.3 Å². The minimum atomic E-state index is -0.364. The van der Waals surface area contributed by atoms with Gasteiger partial charge in [-0.25, -0.2) is 0 Å². The lowest BCUT2D eigenvalue weighted by molar-refractivity contribution is 0.326. The number of rotatable bonds is 6. The zero-order valence-electron chi connectivity index (χ0n) is 12.1. The van der Waals surface area contributed by atoms with Crippen LogP contribution in [-0.4, -0.2) is 11.6 Å². The quantitative estimate of drug-likeness (QED) is 0.846. The van der Waals surface area contributed by atoms with Crippen molar-refractivity contribution in [2.75, 3.05) is 0 Å². The van der Waals surface area contributed by atoms with Gasteiger partial charge in [-0.3, -0.25) is 0 Å². The fourth-order valence-electron chi connectivity index (χ4n) is 2.57. The summed E-state index contributed by atoms with van der Waals surface area (Å²) in [6.45, 7) is 2.12. The molecule has 0 aliphatic carbocycles. The van der Waals surface area contributed by atoms with E-state index in [1.165, 1.54) is 11.1 Å². The Kier molecular flexibility index (Phi) is 4.94. The maximum absolute atomic E-state index is 6.60. The van der Waals surface area contributed by atoms with Crippen molar-refractivity contribution in [2.24, 2.45) is 11.5 Å². The first-order chi connectivity index (χ1) is 9.64. The lowest BCUT2D eigenvalue weighted by atomic mass is 9.80. The third-order valence-electron chi connectivity index (χ3n) is 4.07. The molecule has 2 nitrogen and oxygen atoms in total. The maximum Gasteiger partial charge on any atom is 0.0349 e. The lowest BCUT2D eigenvalue weighted by Crippen LogP contribution is -2.57. The third-order valence-corrected chi connectivity index (χ3v) is 4.07. The molecule has 0 aromatic heterocycles. The molecular formula is C18H24N2. The van der Waals surface area contributed by atoms with Crippen LogP contribution >= 0.6 is 0 Å². The molecule has 2 aromatic carbocycles. The summed E-state index contributed by atoms with van der Waals surface area (Å²) in [4.78, 5) is 0. The molecule has 2 atom stereocenters. The van der Waals surface area contributed by atoms with Crippen molar-refractivity contribution >= 4 is 0 Å². The van der Waals surface area contributed by atoms with Crippen LogP contribution < -0.4 is 11.5 Å². The second kappa shape index (κ2) is 6.69. The fourth-order valence-corrected chi connectivity index (χ4v) is 2.57. The molecule has 2 unspecified atom stereocenters. The summed E-state index contributed by atoms with van der Waals surface area (Å²) in [5, 5.41) is 0. The Morgan fingerprint density at radius 3 is 1.90 bits per heavy atom. The zero-order chi connectivity index (χ0) is 14.4. The largest absolute Gasteiger partial charge is 0.326 e. The van der Waals surface area contributed by atoms with Gasteiger partial charge in [-0.2, -0.15) is 0 Å². The Balaban J connectivity index is 2.09. The van der Waals surface area contributed by atoms with E-state index in [0.29, 0.717) is 0 Å². The number of hydrogen-bond donors (Lipinski definition) is 2. The van der Waals surface area contributed by atoms with Crippen LogP contribution in [0.3, 0.4) is 0 Å². The number of hydrogen-bond acceptors (Lipinski definition) is 2. The molecule has 0 saturated heterocycles. The van der Waals surface area contributed by atoms with Gasteiger partial charge in [-0.05, 0) is 30.4 Å². The Labute approximate surface area is 121 Å². The smallest absolute Gasteiger partial charge is 0.0349 e. The molecule has 2 rings (SSSR count). The summed E-state index contributed by atoms with van der Waals surface area (Å²) in [5.74, 6) is 0. The van der Waals surface area contributed by atoms with Crippen LogP contribution in [0.2, 0.25) is 0 Å². The van der Waals surface area contributed by atoms with Crippen molar-refractivity contribution in [3.63, 3.8) is 0 Å². The van der Waals surface area contributed by atoms with Gasteiger partial charge in [0, 0.05) is 11.6 Å². The van der Waals surface area contributed by atoms with Gasteiger partial charge in [0.1, 0.15) is 0 Å². The highest BCUT2D eigenvalue weighted by atomic mass is 14.8. The molecule has 2 heteroatoms. The molecule has 2 aromatic rings. The standard InChI is InChI=1S/C18H24N2/c1-2-18(20,14-16-11-7-4-8-12-16)17(19)13-15-9-5-3-6-10-15/h3-12,17H,2,13-14,19-20H2,1H3. The summed E-state index contributed by atoms with van der Waals surface area (Å²) in [6, 6.07) is 20.6. The van der Waals surface area contributed by atoms with E-state index in [1.807, 2.05) is 36.4 Å². The van der Waals surface area contributed by atoms with Gasteiger partial charge in [-0.15, -0.1) is 0 Å². The molecule has 106 valence electrons. The van der Waals surface area contributed by atoms with Crippen molar-refractivity contribution in [2.45, 2.75) is 37.8 Å². The van der Waals surface area contributed by atoms with Gasteiger partial charge >= 0.3 is 0 Å².